The molecular weight excluding hydrogens is 285 g/mol. The maximum atomic E-state index is 11.6. The third-order valence-electron chi connectivity index (χ3n) is 4.34. The van der Waals surface area contributed by atoms with Crippen LogP contribution in [0.15, 0.2) is 18.2 Å². The number of halogens is 2. The maximum absolute atomic E-state index is 11.6. The van der Waals surface area contributed by atoms with Gasteiger partial charge in [-0.3, -0.25) is 4.79 Å². The van der Waals surface area contributed by atoms with E-state index in [0.717, 1.165) is 24.8 Å². The van der Waals surface area contributed by atoms with Crippen molar-refractivity contribution in [2.45, 2.75) is 37.3 Å². The molecule has 0 aromatic heterocycles. The second kappa shape index (κ2) is 4.97. The Kier molecular flexibility index (Phi) is 3.46. The highest BCUT2D eigenvalue weighted by molar-refractivity contribution is 6.42. The molecular formula is C14H15Cl2NO2. The minimum absolute atomic E-state index is 0.0195. The number of carbonyl (C=O) groups is 1. The number of hydrogen-bond acceptors (Lipinski definition) is 2. The SMILES string of the molecule is O=C(O)[C@H]1[C@@H](c2ccc(Cl)c(Cl)c2)C[C@@H]2CC[C@H]1N2. The van der Waals surface area contributed by atoms with E-state index in [1.54, 1.807) is 6.07 Å². The van der Waals surface area contributed by atoms with Crippen LogP contribution in [0.5, 0.6) is 0 Å². The Morgan fingerprint density at radius 3 is 2.74 bits per heavy atom. The van der Waals surface area contributed by atoms with Crippen LogP contribution < -0.4 is 5.32 Å². The van der Waals surface area contributed by atoms with Crippen molar-refractivity contribution in [3.63, 3.8) is 0 Å². The molecule has 102 valence electrons. The van der Waals surface area contributed by atoms with Gasteiger partial charge in [0.25, 0.3) is 0 Å². The fourth-order valence-corrected chi connectivity index (χ4v) is 3.79. The van der Waals surface area contributed by atoms with Crippen LogP contribution in [0.4, 0.5) is 0 Å². The normalized spacial score (nSPS) is 33.4. The summed E-state index contributed by atoms with van der Waals surface area (Å²) in [6.45, 7) is 0. The van der Waals surface area contributed by atoms with Crippen molar-refractivity contribution < 1.29 is 9.90 Å². The predicted molar refractivity (Wildman–Crippen MR) is 74.9 cm³/mol. The average molecular weight is 300 g/mol. The van der Waals surface area contributed by atoms with Crippen molar-refractivity contribution in [1.29, 1.82) is 0 Å². The third kappa shape index (κ3) is 2.35. The number of nitrogens with one attached hydrogen (secondary N) is 1. The summed E-state index contributed by atoms with van der Waals surface area (Å²) >= 11 is 12.0. The molecule has 2 heterocycles. The summed E-state index contributed by atoms with van der Waals surface area (Å²) in [6.07, 6.45) is 2.86. The fourth-order valence-electron chi connectivity index (χ4n) is 3.48. The van der Waals surface area contributed by atoms with Crippen LogP contribution in [0.1, 0.15) is 30.7 Å². The summed E-state index contributed by atoms with van der Waals surface area (Å²) in [5, 5.41) is 13.9. The van der Waals surface area contributed by atoms with Crippen LogP contribution in [-0.2, 0) is 4.79 Å². The number of carboxylic acid groups (broad SMARTS) is 1. The molecule has 2 bridgehead atoms. The van der Waals surface area contributed by atoms with Crippen molar-refractivity contribution in [3.8, 4) is 0 Å². The van der Waals surface area contributed by atoms with E-state index in [-0.39, 0.29) is 17.9 Å². The molecule has 2 aliphatic rings. The zero-order valence-electron chi connectivity index (χ0n) is 10.3. The van der Waals surface area contributed by atoms with Crippen molar-refractivity contribution in [2.75, 3.05) is 0 Å². The van der Waals surface area contributed by atoms with Gasteiger partial charge in [0.05, 0.1) is 16.0 Å². The molecule has 0 amide bonds. The van der Waals surface area contributed by atoms with Gasteiger partial charge in [-0.25, -0.2) is 0 Å². The fraction of sp³-hybridized carbons (Fsp3) is 0.500. The topological polar surface area (TPSA) is 49.3 Å². The maximum Gasteiger partial charge on any atom is 0.308 e. The lowest BCUT2D eigenvalue weighted by Gasteiger charge is -2.35. The van der Waals surface area contributed by atoms with E-state index in [0.29, 0.717) is 16.1 Å². The Labute approximate surface area is 121 Å². The first-order valence-corrected chi connectivity index (χ1v) is 7.25. The highest BCUT2D eigenvalue weighted by atomic mass is 35.5. The lowest BCUT2D eigenvalue weighted by molar-refractivity contribution is -0.144. The van der Waals surface area contributed by atoms with Gasteiger partial charge in [0.2, 0.25) is 0 Å². The largest absolute Gasteiger partial charge is 0.481 e. The molecule has 0 radical (unpaired) electrons. The number of hydrogen-bond donors (Lipinski definition) is 2. The second-order valence-electron chi connectivity index (χ2n) is 5.43. The number of benzene rings is 1. The first-order valence-electron chi connectivity index (χ1n) is 6.50. The Hall–Kier alpha value is -0.770. The number of rotatable bonds is 2. The first-order chi connectivity index (χ1) is 9.06. The summed E-state index contributed by atoms with van der Waals surface area (Å²) in [7, 11) is 0. The first kappa shape index (κ1) is 13.2. The Morgan fingerprint density at radius 1 is 1.26 bits per heavy atom. The van der Waals surface area contributed by atoms with E-state index in [1.807, 2.05) is 12.1 Å². The molecule has 2 fully saturated rings. The van der Waals surface area contributed by atoms with E-state index < -0.39 is 5.97 Å². The molecule has 0 aliphatic carbocycles. The quantitative estimate of drug-likeness (QED) is 0.881. The van der Waals surface area contributed by atoms with Gasteiger partial charge in [0.1, 0.15) is 0 Å². The van der Waals surface area contributed by atoms with Gasteiger partial charge in [-0.1, -0.05) is 29.3 Å². The molecule has 3 rings (SSSR count). The number of fused-ring (bicyclic) bond motifs is 2. The molecule has 2 saturated heterocycles. The van der Waals surface area contributed by atoms with Crippen LogP contribution in [0, 0.1) is 5.92 Å². The van der Waals surface area contributed by atoms with Crippen molar-refractivity contribution in [2.24, 2.45) is 5.92 Å². The van der Waals surface area contributed by atoms with Crippen molar-refractivity contribution in [1.82, 2.24) is 5.32 Å². The lowest BCUT2D eigenvalue weighted by Crippen LogP contribution is -2.47. The minimum atomic E-state index is -0.728. The third-order valence-corrected chi connectivity index (χ3v) is 5.08. The van der Waals surface area contributed by atoms with Crippen molar-refractivity contribution >= 4 is 29.2 Å². The van der Waals surface area contributed by atoms with Crippen LogP contribution in [0.3, 0.4) is 0 Å². The molecule has 19 heavy (non-hydrogen) atoms. The molecule has 1 aromatic carbocycles. The summed E-state index contributed by atoms with van der Waals surface area (Å²) in [4.78, 5) is 11.6. The monoisotopic (exact) mass is 299 g/mol. The molecule has 0 spiro atoms. The minimum Gasteiger partial charge on any atom is -0.481 e. The molecule has 0 saturated carbocycles. The van der Waals surface area contributed by atoms with E-state index in [1.165, 1.54) is 0 Å². The molecule has 0 unspecified atom stereocenters. The zero-order chi connectivity index (χ0) is 13.6. The summed E-state index contributed by atoms with van der Waals surface area (Å²) in [5.74, 6) is -1.09. The Bertz CT molecular complexity index is 520. The molecule has 5 heteroatoms. The van der Waals surface area contributed by atoms with Crippen LogP contribution in [0.25, 0.3) is 0 Å². The van der Waals surface area contributed by atoms with Gasteiger partial charge in [-0.2, -0.15) is 0 Å². The number of carboxylic acids is 1. The number of piperidine rings is 1. The van der Waals surface area contributed by atoms with E-state index >= 15 is 0 Å². The van der Waals surface area contributed by atoms with E-state index in [2.05, 4.69) is 5.32 Å². The standard InChI is InChI=1S/C14H15Cl2NO2/c15-10-3-1-7(5-11(10)16)9-6-8-2-4-12(17-8)13(9)14(18)19/h1,3,5,8-9,12-13,17H,2,4,6H2,(H,18,19)/t8-,9+,12+,13-/m0/s1. The van der Waals surface area contributed by atoms with Crippen LogP contribution in [0.2, 0.25) is 10.0 Å². The van der Waals surface area contributed by atoms with Gasteiger partial charge >= 0.3 is 5.97 Å². The molecule has 2 N–H and O–H groups in total. The van der Waals surface area contributed by atoms with E-state index in [9.17, 15) is 9.90 Å². The molecule has 1 aromatic rings. The summed E-state index contributed by atoms with van der Waals surface area (Å²) < 4.78 is 0. The summed E-state index contributed by atoms with van der Waals surface area (Å²) in [6, 6.07) is 5.98. The highest BCUT2D eigenvalue weighted by Crippen LogP contribution is 2.42. The van der Waals surface area contributed by atoms with Gasteiger partial charge in [0.15, 0.2) is 0 Å². The van der Waals surface area contributed by atoms with Crippen molar-refractivity contribution in [3.05, 3.63) is 33.8 Å². The van der Waals surface area contributed by atoms with Gasteiger partial charge in [-0.15, -0.1) is 0 Å². The molecule has 4 atom stereocenters. The number of aliphatic carboxylic acids is 1. The van der Waals surface area contributed by atoms with Crippen LogP contribution in [-0.4, -0.2) is 23.2 Å². The Balaban J connectivity index is 1.96. The van der Waals surface area contributed by atoms with Gasteiger partial charge in [-0.05, 0) is 37.0 Å². The summed E-state index contributed by atoms with van der Waals surface area (Å²) in [5.41, 5.74) is 0.986. The second-order valence-corrected chi connectivity index (χ2v) is 6.24. The lowest BCUT2D eigenvalue weighted by atomic mass is 9.77. The van der Waals surface area contributed by atoms with Gasteiger partial charge < -0.3 is 10.4 Å². The van der Waals surface area contributed by atoms with E-state index in [4.69, 9.17) is 23.2 Å². The Morgan fingerprint density at radius 2 is 2.05 bits per heavy atom. The zero-order valence-corrected chi connectivity index (χ0v) is 11.8. The van der Waals surface area contributed by atoms with Crippen LogP contribution >= 0.6 is 23.2 Å². The molecule has 3 nitrogen and oxygen atoms in total. The smallest absolute Gasteiger partial charge is 0.308 e. The highest BCUT2D eigenvalue weighted by Gasteiger charge is 2.45. The van der Waals surface area contributed by atoms with Gasteiger partial charge in [0, 0.05) is 18.0 Å². The average Bonchev–Trinajstić information content (AvgIpc) is 2.73. The predicted octanol–water partition coefficient (Wildman–Crippen LogP) is 3.30. The molecule has 2 aliphatic heterocycles.